The van der Waals surface area contributed by atoms with Crippen LogP contribution >= 0.6 is 0 Å². The summed E-state index contributed by atoms with van der Waals surface area (Å²) in [5.74, 6) is 0.118. The average Bonchev–Trinajstić information content (AvgIpc) is 2.03. The number of ether oxygens (including phenoxy) is 2. The van der Waals surface area contributed by atoms with E-state index in [-0.39, 0.29) is 15.4 Å². The summed E-state index contributed by atoms with van der Waals surface area (Å²) in [6.07, 6.45) is 1.29. The summed E-state index contributed by atoms with van der Waals surface area (Å²) in [6.45, 7) is 1.24. The van der Waals surface area contributed by atoms with Crippen LogP contribution in [0, 0.1) is 0 Å². The molecule has 0 rings (SSSR count). The van der Waals surface area contributed by atoms with Gasteiger partial charge in [-0.3, -0.25) is 0 Å². The van der Waals surface area contributed by atoms with Crippen molar-refractivity contribution in [2.75, 3.05) is 41.9 Å². The molecule has 80 valence electrons. The summed E-state index contributed by atoms with van der Waals surface area (Å²) in [7, 11) is 9.93. The summed E-state index contributed by atoms with van der Waals surface area (Å²) in [5, 5.41) is 0. The highest BCUT2D eigenvalue weighted by Gasteiger charge is 2.09. The first-order valence-electron chi connectivity index (χ1n) is 4.85. The van der Waals surface area contributed by atoms with Crippen molar-refractivity contribution in [1.82, 2.24) is 0 Å². The van der Waals surface area contributed by atoms with Gasteiger partial charge in [-0.25, -0.2) is 0 Å². The number of hydrogen-bond donors (Lipinski definition) is 0. The Kier molecular flexibility index (Phi) is 6.58. The van der Waals surface area contributed by atoms with Crippen molar-refractivity contribution in [1.29, 1.82) is 0 Å². The molecule has 0 aromatic rings. The van der Waals surface area contributed by atoms with E-state index >= 15 is 0 Å². The van der Waals surface area contributed by atoms with Gasteiger partial charge in [0.1, 0.15) is 5.91 Å². The molecule has 0 aliphatic heterocycles. The molecule has 0 saturated carbocycles. The number of methoxy groups -OCH3 is 2. The normalized spacial score (nSPS) is 13.4. The predicted octanol–water partition coefficient (Wildman–Crippen LogP) is 0.246. The predicted molar refractivity (Wildman–Crippen MR) is 58.7 cm³/mol. The fraction of sp³-hybridized carbons (Fsp3) is 1.00. The molecule has 3 nitrogen and oxygen atoms in total. The van der Waals surface area contributed by atoms with Gasteiger partial charge in [0.25, 0.3) is 0 Å². The summed E-state index contributed by atoms with van der Waals surface area (Å²) >= 11 is 0. The topological polar surface area (TPSA) is 18.5 Å². The highest BCUT2D eigenvalue weighted by molar-refractivity contribution is 6.36. The maximum absolute atomic E-state index is 5.17. The molecule has 0 fully saturated rings. The molecule has 0 unspecified atom stereocenters. The number of quaternary nitrogens is 1. The third-order valence-corrected chi connectivity index (χ3v) is 4.09. The van der Waals surface area contributed by atoms with Crippen molar-refractivity contribution in [2.45, 2.75) is 18.4 Å². The van der Waals surface area contributed by atoms with Crippen LogP contribution in [0.5, 0.6) is 0 Å². The number of nitrogens with zero attached hydrogens (tertiary/aromatic N) is 1. The minimum atomic E-state index is -0.198. The van der Waals surface area contributed by atoms with E-state index in [1.165, 1.54) is 19.0 Å². The average molecular weight is 206 g/mol. The van der Waals surface area contributed by atoms with E-state index in [0.29, 0.717) is 0 Å². The van der Waals surface area contributed by atoms with Gasteiger partial charge in [0.05, 0.1) is 37.2 Å². The highest BCUT2D eigenvalue weighted by atomic mass is 28.2. The molecule has 0 aromatic carbocycles. The molecule has 0 aromatic heterocycles. The minimum Gasteiger partial charge on any atom is -0.360 e. The maximum atomic E-state index is 5.17. The lowest BCUT2D eigenvalue weighted by atomic mass is 10.4. The molecule has 13 heavy (non-hydrogen) atoms. The van der Waals surface area contributed by atoms with Crippen LogP contribution in [0.3, 0.4) is 0 Å². The Morgan fingerprint density at radius 1 is 1.15 bits per heavy atom. The Morgan fingerprint density at radius 3 is 2.08 bits per heavy atom. The Hall–Kier alpha value is 0.0969. The van der Waals surface area contributed by atoms with E-state index in [4.69, 9.17) is 9.47 Å². The quantitative estimate of drug-likeness (QED) is 0.257. The van der Waals surface area contributed by atoms with E-state index in [1.54, 1.807) is 14.2 Å². The van der Waals surface area contributed by atoms with Crippen molar-refractivity contribution in [3.63, 3.8) is 0 Å². The van der Waals surface area contributed by atoms with Crippen LogP contribution in [0.25, 0.3) is 0 Å². The van der Waals surface area contributed by atoms with Crippen molar-refractivity contribution >= 4 is 9.52 Å². The molecular weight excluding hydrogens is 182 g/mol. The van der Waals surface area contributed by atoms with Crippen LogP contribution in [0.15, 0.2) is 0 Å². The summed E-state index contributed by atoms with van der Waals surface area (Å²) in [6, 6.07) is 1.31. The zero-order valence-corrected chi connectivity index (χ0v) is 11.1. The Bertz CT molecular complexity index is 121. The van der Waals surface area contributed by atoms with Crippen molar-refractivity contribution < 1.29 is 14.0 Å². The van der Waals surface area contributed by atoms with Crippen LogP contribution in [0.2, 0.25) is 6.04 Å². The molecule has 0 saturated heterocycles. The molecule has 0 bridgehead atoms. The molecular formula is C9H24NO2Si+. The minimum absolute atomic E-state index is 0.118. The monoisotopic (exact) mass is 206 g/mol. The summed E-state index contributed by atoms with van der Waals surface area (Å²) in [5.41, 5.74) is 0. The molecule has 0 radical (unpaired) electrons. The molecule has 0 amide bonds. The first-order valence-corrected chi connectivity index (χ1v) is 6.67. The standard InChI is InChI=1S/C9H24NO2Si/c1-10(2,3)7-6-8-13-9(11-4)12-5/h9H,6-8,13H2,1-5H3/q+1. The van der Waals surface area contributed by atoms with Crippen molar-refractivity contribution in [3.8, 4) is 0 Å². The number of hydrogen-bond acceptors (Lipinski definition) is 2. The van der Waals surface area contributed by atoms with E-state index in [2.05, 4.69) is 21.1 Å². The first kappa shape index (κ1) is 13.1. The maximum Gasteiger partial charge on any atom is 0.134 e. The van der Waals surface area contributed by atoms with Crippen LogP contribution in [-0.2, 0) is 9.47 Å². The number of rotatable bonds is 7. The zero-order valence-electron chi connectivity index (χ0n) is 9.67. The second-order valence-corrected chi connectivity index (χ2v) is 6.36. The van der Waals surface area contributed by atoms with Gasteiger partial charge in [0, 0.05) is 14.2 Å². The molecule has 0 spiro atoms. The van der Waals surface area contributed by atoms with E-state index < -0.39 is 0 Å². The van der Waals surface area contributed by atoms with Gasteiger partial charge < -0.3 is 14.0 Å². The fourth-order valence-electron chi connectivity index (χ4n) is 1.23. The lowest BCUT2D eigenvalue weighted by Gasteiger charge is -2.23. The Balaban J connectivity index is 3.34. The molecule has 0 N–H and O–H groups in total. The fourth-order valence-corrected chi connectivity index (χ4v) is 2.55. The van der Waals surface area contributed by atoms with Crippen LogP contribution in [0.1, 0.15) is 6.42 Å². The second kappa shape index (κ2) is 6.54. The Morgan fingerprint density at radius 2 is 1.69 bits per heavy atom. The van der Waals surface area contributed by atoms with E-state index in [0.717, 1.165) is 4.48 Å². The third kappa shape index (κ3) is 8.43. The largest absolute Gasteiger partial charge is 0.360 e. The SMILES string of the molecule is COC(OC)[SiH2]CCC[N+](C)(C)C. The van der Waals surface area contributed by atoms with E-state index in [9.17, 15) is 0 Å². The molecule has 0 heterocycles. The summed E-state index contributed by atoms with van der Waals surface area (Å²) < 4.78 is 11.4. The summed E-state index contributed by atoms with van der Waals surface area (Å²) in [4.78, 5) is 0. The van der Waals surface area contributed by atoms with Gasteiger partial charge >= 0.3 is 0 Å². The van der Waals surface area contributed by atoms with Gasteiger partial charge in [-0.1, -0.05) is 6.04 Å². The van der Waals surface area contributed by atoms with Crippen LogP contribution in [-0.4, -0.2) is 61.8 Å². The smallest absolute Gasteiger partial charge is 0.134 e. The lowest BCUT2D eigenvalue weighted by Crippen LogP contribution is -2.35. The van der Waals surface area contributed by atoms with Crippen LogP contribution < -0.4 is 0 Å². The van der Waals surface area contributed by atoms with Gasteiger partial charge in [-0.2, -0.15) is 0 Å². The molecule has 0 aliphatic rings. The zero-order chi connectivity index (χ0) is 10.3. The highest BCUT2D eigenvalue weighted by Crippen LogP contribution is 2.00. The lowest BCUT2D eigenvalue weighted by molar-refractivity contribution is -0.870. The van der Waals surface area contributed by atoms with Gasteiger partial charge in [-0.15, -0.1) is 0 Å². The molecule has 4 heteroatoms. The van der Waals surface area contributed by atoms with Crippen LogP contribution in [0.4, 0.5) is 0 Å². The van der Waals surface area contributed by atoms with Crippen molar-refractivity contribution in [3.05, 3.63) is 0 Å². The Labute approximate surface area is 84.4 Å². The van der Waals surface area contributed by atoms with Gasteiger partial charge in [-0.05, 0) is 6.42 Å². The third-order valence-electron chi connectivity index (χ3n) is 2.04. The second-order valence-electron chi connectivity index (χ2n) is 4.41. The first-order chi connectivity index (χ1) is 5.99. The van der Waals surface area contributed by atoms with Crippen molar-refractivity contribution in [2.24, 2.45) is 0 Å². The molecule has 0 atom stereocenters. The van der Waals surface area contributed by atoms with Gasteiger partial charge in [0.2, 0.25) is 0 Å². The van der Waals surface area contributed by atoms with E-state index in [1.807, 2.05) is 0 Å². The van der Waals surface area contributed by atoms with Gasteiger partial charge in [0.15, 0.2) is 0 Å². The molecule has 0 aliphatic carbocycles.